The summed E-state index contributed by atoms with van der Waals surface area (Å²) in [5.74, 6) is 0. The van der Waals surface area contributed by atoms with Crippen molar-refractivity contribution < 1.29 is 4.42 Å². The Kier molecular flexibility index (Phi) is 6.04. The zero-order valence-corrected chi connectivity index (χ0v) is 20.6. The van der Waals surface area contributed by atoms with Crippen LogP contribution in [0.1, 0.15) is 19.4 Å². The second-order valence-corrected chi connectivity index (χ2v) is 9.11. The molecule has 4 aromatic carbocycles. The van der Waals surface area contributed by atoms with Gasteiger partial charge in [-0.1, -0.05) is 70.6 Å². The molecule has 0 saturated carbocycles. The van der Waals surface area contributed by atoms with E-state index in [2.05, 4.69) is 83.5 Å². The average molecular weight is 507 g/mol. The topological polar surface area (TPSA) is 30.2 Å². The Morgan fingerprint density at radius 3 is 2.12 bits per heavy atom. The quantitative estimate of drug-likeness (QED) is 0.179. The van der Waals surface area contributed by atoms with Gasteiger partial charge in [-0.15, -0.1) is 0 Å². The van der Waals surface area contributed by atoms with Gasteiger partial charge in [-0.2, -0.15) is 0 Å². The second-order valence-electron chi connectivity index (χ2n) is 8.19. The van der Waals surface area contributed by atoms with Gasteiger partial charge in [-0.3, -0.25) is 4.79 Å². The van der Waals surface area contributed by atoms with Gasteiger partial charge in [0.25, 0.3) is 0 Å². The van der Waals surface area contributed by atoms with Gasteiger partial charge in [0.05, 0.1) is 10.8 Å². The molecule has 0 saturated heterocycles. The molecule has 0 fully saturated rings. The molecule has 0 atom stereocenters. The van der Waals surface area contributed by atoms with Crippen LogP contribution in [0.25, 0.3) is 49.8 Å². The van der Waals surface area contributed by atoms with E-state index in [-0.39, 0.29) is 5.43 Å². The maximum absolute atomic E-state index is 13.3. The van der Waals surface area contributed by atoms with Crippen LogP contribution in [0.15, 0.2) is 117 Å². The molecular weight excluding hydrogens is 484 g/mol. The minimum atomic E-state index is -0.0260. The van der Waals surface area contributed by atoms with E-state index in [1.807, 2.05) is 49.4 Å². The molecule has 0 bridgehead atoms. The molecule has 0 aliphatic rings. The minimum absolute atomic E-state index is 0.0260. The summed E-state index contributed by atoms with van der Waals surface area (Å²) in [5.41, 5.74) is 7.74. The summed E-state index contributed by atoms with van der Waals surface area (Å²) >= 11 is 3.46. The summed E-state index contributed by atoms with van der Waals surface area (Å²) < 4.78 is 6.89. The summed E-state index contributed by atoms with van der Waals surface area (Å²) in [6.45, 7) is 4.07. The predicted molar refractivity (Wildman–Crippen MR) is 147 cm³/mol. The van der Waals surface area contributed by atoms with Gasteiger partial charge >= 0.3 is 0 Å². The molecule has 1 heterocycles. The summed E-state index contributed by atoms with van der Waals surface area (Å²) in [7, 11) is 0. The number of halogens is 1. The highest BCUT2D eigenvalue weighted by Crippen LogP contribution is 2.33. The molecule has 3 heteroatoms. The largest absolute Gasteiger partial charge is 0.456 e. The molecule has 5 aromatic rings. The normalized spacial score (nSPS) is 12.1. The van der Waals surface area contributed by atoms with Crippen molar-refractivity contribution in [3.8, 4) is 22.3 Å². The van der Waals surface area contributed by atoms with Crippen molar-refractivity contribution in [2.75, 3.05) is 0 Å². The fourth-order valence-electron chi connectivity index (χ4n) is 4.31. The number of fused-ring (bicyclic) bond motifs is 2. The van der Waals surface area contributed by atoms with Crippen molar-refractivity contribution in [1.82, 2.24) is 0 Å². The van der Waals surface area contributed by atoms with E-state index >= 15 is 0 Å². The van der Waals surface area contributed by atoms with Crippen molar-refractivity contribution in [2.24, 2.45) is 0 Å². The van der Waals surface area contributed by atoms with Gasteiger partial charge in [0.1, 0.15) is 11.2 Å². The molecule has 166 valence electrons. The lowest BCUT2D eigenvalue weighted by Gasteiger charge is -2.12. The van der Waals surface area contributed by atoms with Crippen molar-refractivity contribution in [3.05, 3.63) is 123 Å². The van der Waals surface area contributed by atoms with E-state index < -0.39 is 0 Å². The molecule has 2 nitrogen and oxygen atoms in total. The fourth-order valence-corrected chi connectivity index (χ4v) is 4.67. The highest BCUT2D eigenvalue weighted by atomic mass is 79.9. The van der Waals surface area contributed by atoms with Crippen LogP contribution in [0.5, 0.6) is 0 Å². The maximum atomic E-state index is 13.3. The molecule has 5 rings (SSSR count). The first-order chi connectivity index (χ1) is 16.6. The first-order valence-corrected chi connectivity index (χ1v) is 12.0. The standard InChI is InChI=1S/C31H23BrO2/c1-3-8-20(4-2)23-15-24(21-9-6-5-7-10-21)17-25(16-23)22-11-13-29-27(18-22)31(33)28-19-26(32)12-14-30(28)34-29/h3-19H,1-2H3/b8-3-,20-4+. The second kappa shape index (κ2) is 9.28. The van der Waals surface area contributed by atoms with Gasteiger partial charge < -0.3 is 4.42 Å². The third-order valence-electron chi connectivity index (χ3n) is 5.99. The lowest BCUT2D eigenvalue weighted by molar-refractivity contribution is 0.660. The lowest BCUT2D eigenvalue weighted by atomic mass is 9.92. The van der Waals surface area contributed by atoms with E-state index in [0.29, 0.717) is 21.9 Å². The van der Waals surface area contributed by atoms with Gasteiger partial charge in [-0.25, -0.2) is 0 Å². The number of allylic oxidation sites excluding steroid dienone is 4. The summed E-state index contributed by atoms with van der Waals surface area (Å²) in [5, 5.41) is 1.15. The van der Waals surface area contributed by atoms with Gasteiger partial charge in [-0.05, 0) is 95.8 Å². The highest BCUT2D eigenvalue weighted by molar-refractivity contribution is 9.10. The molecule has 0 radical (unpaired) electrons. The van der Waals surface area contributed by atoms with E-state index in [1.54, 1.807) is 0 Å². The van der Waals surface area contributed by atoms with Crippen LogP contribution in [0.3, 0.4) is 0 Å². The molecule has 0 aliphatic carbocycles. The zero-order chi connectivity index (χ0) is 23.7. The van der Waals surface area contributed by atoms with Crippen LogP contribution in [-0.4, -0.2) is 0 Å². The first kappa shape index (κ1) is 22.1. The van der Waals surface area contributed by atoms with E-state index in [9.17, 15) is 4.79 Å². The summed E-state index contributed by atoms with van der Waals surface area (Å²) in [6, 6.07) is 28.3. The van der Waals surface area contributed by atoms with Gasteiger partial charge in [0, 0.05) is 4.47 Å². The summed E-state index contributed by atoms with van der Waals surface area (Å²) in [6.07, 6.45) is 6.29. The molecule has 0 aliphatic heterocycles. The average Bonchev–Trinajstić information content (AvgIpc) is 2.88. The van der Waals surface area contributed by atoms with E-state index in [1.165, 1.54) is 0 Å². The number of rotatable bonds is 4. The predicted octanol–water partition coefficient (Wildman–Crippen LogP) is 9.02. The Bertz CT molecular complexity index is 1640. The van der Waals surface area contributed by atoms with Crippen molar-refractivity contribution >= 4 is 43.4 Å². The van der Waals surface area contributed by atoms with Crippen LogP contribution in [0.4, 0.5) is 0 Å². The van der Waals surface area contributed by atoms with E-state index in [4.69, 9.17) is 4.42 Å². The van der Waals surface area contributed by atoms with Crippen LogP contribution < -0.4 is 5.43 Å². The molecule has 0 amide bonds. The Morgan fingerprint density at radius 2 is 1.41 bits per heavy atom. The van der Waals surface area contributed by atoms with Crippen LogP contribution in [-0.2, 0) is 0 Å². The number of hydrogen-bond donors (Lipinski definition) is 0. The third kappa shape index (κ3) is 4.15. The Labute approximate surface area is 207 Å². The van der Waals surface area contributed by atoms with E-state index in [0.717, 1.165) is 37.9 Å². The smallest absolute Gasteiger partial charge is 0.200 e. The first-order valence-electron chi connectivity index (χ1n) is 11.2. The SMILES string of the molecule is C/C=C\C(=C/C)c1cc(-c2ccccc2)cc(-c2ccc3oc4ccc(Br)cc4c(=O)c3c2)c1. The fraction of sp³-hybridized carbons (Fsp3) is 0.0645. The van der Waals surface area contributed by atoms with Crippen molar-refractivity contribution in [1.29, 1.82) is 0 Å². The Morgan fingerprint density at radius 1 is 0.735 bits per heavy atom. The number of hydrogen-bond acceptors (Lipinski definition) is 2. The Hall–Kier alpha value is -3.69. The van der Waals surface area contributed by atoms with Crippen LogP contribution >= 0.6 is 15.9 Å². The molecule has 0 N–H and O–H groups in total. The van der Waals surface area contributed by atoms with Crippen LogP contribution in [0.2, 0.25) is 0 Å². The Balaban J connectivity index is 1.75. The van der Waals surface area contributed by atoms with Gasteiger partial charge in [0.15, 0.2) is 0 Å². The zero-order valence-electron chi connectivity index (χ0n) is 19.0. The highest BCUT2D eigenvalue weighted by Gasteiger charge is 2.12. The van der Waals surface area contributed by atoms with Gasteiger partial charge in [0.2, 0.25) is 5.43 Å². The molecule has 1 aromatic heterocycles. The number of benzene rings is 4. The lowest BCUT2D eigenvalue weighted by Crippen LogP contribution is -2.02. The maximum Gasteiger partial charge on any atom is 0.200 e. The minimum Gasteiger partial charge on any atom is -0.456 e. The monoisotopic (exact) mass is 506 g/mol. The third-order valence-corrected chi connectivity index (χ3v) is 6.49. The van der Waals surface area contributed by atoms with Crippen molar-refractivity contribution in [2.45, 2.75) is 13.8 Å². The molecule has 0 unspecified atom stereocenters. The summed E-state index contributed by atoms with van der Waals surface area (Å²) in [4.78, 5) is 13.3. The van der Waals surface area contributed by atoms with Crippen molar-refractivity contribution in [3.63, 3.8) is 0 Å². The van der Waals surface area contributed by atoms with Crippen LogP contribution in [0, 0.1) is 0 Å². The molecule has 0 spiro atoms. The molecular formula is C31H23BrO2. The molecule has 34 heavy (non-hydrogen) atoms.